The van der Waals surface area contributed by atoms with Crippen molar-refractivity contribution in [1.82, 2.24) is 4.90 Å². The molecule has 2 aromatic carbocycles. The number of hydrogen-bond acceptors (Lipinski definition) is 6. The summed E-state index contributed by atoms with van der Waals surface area (Å²) in [5.41, 5.74) is 1.28. The van der Waals surface area contributed by atoms with Crippen molar-refractivity contribution >= 4 is 29.1 Å². The van der Waals surface area contributed by atoms with E-state index in [2.05, 4.69) is 10.6 Å². The number of benzene rings is 2. The van der Waals surface area contributed by atoms with Crippen molar-refractivity contribution in [2.75, 3.05) is 30.4 Å². The van der Waals surface area contributed by atoms with E-state index in [9.17, 15) is 14.4 Å². The molecule has 0 aromatic heterocycles. The number of imide groups is 1. The van der Waals surface area contributed by atoms with E-state index in [0.717, 1.165) is 4.90 Å². The van der Waals surface area contributed by atoms with Crippen molar-refractivity contribution in [3.05, 3.63) is 66.4 Å². The summed E-state index contributed by atoms with van der Waals surface area (Å²) in [5, 5.41) is 14.5. The number of carbonyl (C=O) groups excluding carboxylic acids is 3. The van der Waals surface area contributed by atoms with Crippen LogP contribution in [0.3, 0.4) is 0 Å². The maximum absolute atomic E-state index is 12.1. The SMILES string of the molecule is O=C(COc1ccccc1)Nc1ccc(NC2=CC(=O)N(CCO)C2=O)cc1. The number of rotatable bonds is 8. The highest BCUT2D eigenvalue weighted by Gasteiger charge is 2.30. The number of aliphatic hydroxyl groups excluding tert-OH is 1. The summed E-state index contributed by atoms with van der Waals surface area (Å²) in [5.74, 6) is -0.654. The molecule has 3 rings (SSSR count). The van der Waals surface area contributed by atoms with Gasteiger partial charge in [-0.15, -0.1) is 0 Å². The van der Waals surface area contributed by atoms with Crippen LogP contribution >= 0.6 is 0 Å². The van der Waals surface area contributed by atoms with Gasteiger partial charge in [-0.3, -0.25) is 19.3 Å². The Bertz CT molecular complexity index is 894. The van der Waals surface area contributed by atoms with Gasteiger partial charge in [0.25, 0.3) is 17.7 Å². The van der Waals surface area contributed by atoms with E-state index in [1.807, 2.05) is 18.2 Å². The van der Waals surface area contributed by atoms with Gasteiger partial charge >= 0.3 is 0 Å². The second kappa shape index (κ2) is 8.83. The molecule has 0 aliphatic carbocycles. The zero-order chi connectivity index (χ0) is 19.9. The number of para-hydroxylation sites is 1. The molecule has 1 aliphatic heterocycles. The summed E-state index contributed by atoms with van der Waals surface area (Å²) in [6.45, 7) is -0.454. The van der Waals surface area contributed by atoms with Gasteiger partial charge in [-0.25, -0.2) is 0 Å². The predicted octanol–water partition coefficient (Wildman–Crippen LogP) is 1.36. The second-order valence-corrected chi connectivity index (χ2v) is 5.93. The average molecular weight is 381 g/mol. The van der Waals surface area contributed by atoms with Gasteiger partial charge in [0.1, 0.15) is 11.4 Å². The quantitative estimate of drug-likeness (QED) is 0.596. The van der Waals surface area contributed by atoms with Gasteiger partial charge in [0.15, 0.2) is 6.61 Å². The monoisotopic (exact) mass is 381 g/mol. The summed E-state index contributed by atoms with van der Waals surface area (Å²) >= 11 is 0. The van der Waals surface area contributed by atoms with Crippen LogP contribution in [0.5, 0.6) is 5.75 Å². The van der Waals surface area contributed by atoms with Crippen LogP contribution in [-0.2, 0) is 14.4 Å². The van der Waals surface area contributed by atoms with E-state index in [0.29, 0.717) is 17.1 Å². The van der Waals surface area contributed by atoms with E-state index < -0.39 is 11.8 Å². The van der Waals surface area contributed by atoms with Crippen molar-refractivity contribution in [1.29, 1.82) is 0 Å². The van der Waals surface area contributed by atoms with E-state index in [1.165, 1.54) is 6.08 Å². The highest BCUT2D eigenvalue weighted by atomic mass is 16.5. The molecule has 0 unspecified atom stereocenters. The molecular weight excluding hydrogens is 362 g/mol. The van der Waals surface area contributed by atoms with E-state index >= 15 is 0 Å². The first kappa shape index (κ1) is 19.1. The minimum atomic E-state index is -0.491. The van der Waals surface area contributed by atoms with Crippen molar-refractivity contribution < 1.29 is 24.2 Å². The fraction of sp³-hybridized carbons (Fsp3) is 0.150. The van der Waals surface area contributed by atoms with Crippen molar-refractivity contribution in [3.63, 3.8) is 0 Å². The molecule has 8 nitrogen and oxygen atoms in total. The van der Waals surface area contributed by atoms with Gasteiger partial charge in [-0.1, -0.05) is 18.2 Å². The number of hydrogen-bond donors (Lipinski definition) is 3. The minimum absolute atomic E-state index is 0.0463. The van der Waals surface area contributed by atoms with Crippen LogP contribution in [0, 0.1) is 0 Å². The third-order valence-electron chi connectivity index (χ3n) is 3.89. The fourth-order valence-corrected chi connectivity index (χ4v) is 2.56. The number of ether oxygens (including phenoxy) is 1. The van der Waals surface area contributed by atoms with E-state index in [4.69, 9.17) is 9.84 Å². The van der Waals surface area contributed by atoms with Gasteiger partial charge in [0.05, 0.1) is 13.2 Å². The van der Waals surface area contributed by atoms with Crippen LogP contribution in [0.1, 0.15) is 0 Å². The van der Waals surface area contributed by atoms with Crippen LogP contribution in [-0.4, -0.2) is 47.5 Å². The maximum Gasteiger partial charge on any atom is 0.277 e. The summed E-state index contributed by atoms with van der Waals surface area (Å²) in [4.78, 5) is 36.8. The summed E-state index contributed by atoms with van der Waals surface area (Å²) in [6, 6.07) is 15.7. The molecule has 1 heterocycles. The van der Waals surface area contributed by atoms with Crippen LogP contribution in [0.4, 0.5) is 11.4 Å². The minimum Gasteiger partial charge on any atom is -0.484 e. The van der Waals surface area contributed by atoms with Gasteiger partial charge in [-0.2, -0.15) is 0 Å². The second-order valence-electron chi connectivity index (χ2n) is 5.93. The first-order valence-corrected chi connectivity index (χ1v) is 8.60. The fourth-order valence-electron chi connectivity index (χ4n) is 2.56. The molecule has 0 bridgehead atoms. The number of amides is 3. The Labute approximate surface area is 161 Å². The van der Waals surface area contributed by atoms with Crippen molar-refractivity contribution in [2.24, 2.45) is 0 Å². The molecule has 8 heteroatoms. The Morgan fingerprint density at radius 3 is 2.36 bits per heavy atom. The van der Waals surface area contributed by atoms with Crippen LogP contribution in [0.15, 0.2) is 66.4 Å². The van der Waals surface area contributed by atoms with Crippen molar-refractivity contribution in [3.8, 4) is 5.75 Å². The number of nitrogens with one attached hydrogen (secondary N) is 2. The number of β-amino-alcohol motifs (C(OH)–C–C–N with tert-alkyl or cyclic N) is 1. The maximum atomic E-state index is 12.1. The average Bonchev–Trinajstić information content (AvgIpc) is 2.96. The molecule has 2 aromatic rings. The molecule has 144 valence electrons. The number of anilines is 2. The lowest BCUT2D eigenvalue weighted by atomic mass is 10.2. The van der Waals surface area contributed by atoms with E-state index in [1.54, 1.807) is 36.4 Å². The van der Waals surface area contributed by atoms with Crippen LogP contribution in [0.2, 0.25) is 0 Å². The highest BCUT2D eigenvalue weighted by Crippen LogP contribution is 2.19. The Balaban J connectivity index is 1.52. The lowest BCUT2D eigenvalue weighted by molar-refractivity contribution is -0.137. The Kier molecular flexibility index (Phi) is 6.03. The molecule has 0 spiro atoms. The lowest BCUT2D eigenvalue weighted by Crippen LogP contribution is -2.34. The molecule has 0 atom stereocenters. The van der Waals surface area contributed by atoms with Gasteiger partial charge in [-0.05, 0) is 36.4 Å². The summed E-state index contributed by atoms with van der Waals surface area (Å²) in [7, 11) is 0. The van der Waals surface area contributed by atoms with Gasteiger partial charge in [0, 0.05) is 17.5 Å². The normalized spacial score (nSPS) is 13.3. The molecule has 1 aliphatic rings. The Morgan fingerprint density at radius 1 is 1.00 bits per heavy atom. The molecular formula is C20H19N3O5. The molecule has 28 heavy (non-hydrogen) atoms. The Hall–Kier alpha value is -3.65. The summed E-state index contributed by atoms with van der Waals surface area (Å²) < 4.78 is 5.38. The topological polar surface area (TPSA) is 108 Å². The third kappa shape index (κ3) is 4.74. The van der Waals surface area contributed by atoms with Crippen LogP contribution in [0.25, 0.3) is 0 Å². The molecule has 3 amide bonds. The molecule has 0 saturated heterocycles. The molecule has 0 fully saturated rings. The van der Waals surface area contributed by atoms with Crippen molar-refractivity contribution in [2.45, 2.75) is 0 Å². The molecule has 0 radical (unpaired) electrons. The smallest absolute Gasteiger partial charge is 0.277 e. The lowest BCUT2D eigenvalue weighted by Gasteiger charge is -2.13. The zero-order valence-corrected chi connectivity index (χ0v) is 14.9. The number of carbonyl (C=O) groups is 3. The largest absolute Gasteiger partial charge is 0.484 e. The van der Waals surface area contributed by atoms with Crippen LogP contribution < -0.4 is 15.4 Å². The summed E-state index contributed by atoms with van der Waals surface area (Å²) in [6.07, 6.45) is 1.19. The third-order valence-corrected chi connectivity index (χ3v) is 3.89. The van der Waals surface area contributed by atoms with E-state index in [-0.39, 0.29) is 31.4 Å². The highest BCUT2D eigenvalue weighted by molar-refractivity contribution is 6.17. The Morgan fingerprint density at radius 2 is 1.68 bits per heavy atom. The number of nitrogens with zero attached hydrogens (tertiary/aromatic N) is 1. The predicted molar refractivity (Wildman–Crippen MR) is 103 cm³/mol. The van der Waals surface area contributed by atoms with Gasteiger partial charge < -0.3 is 20.5 Å². The van der Waals surface area contributed by atoms with Gasteiger partial charge in [0.2, 0.25) is 0 Å². The zero-order valence-electron chi connectivity index (χ0n) is 14.9. The first-order valence-electron chi connectivity index (χ1n) is 8.60. The first-order chi connectivity index (χ1) is 13.6. The standard InChI is InChI=1S/C20H19N3O5/c24-11-10-23-19(26)12-17(20(23)27)21-14-6-8-15(9-7-14)22-18(25)13-28-16-4-2-1-3-5-16/h1-9,12,21,24H,10-11,13H2,(H,22,25). The molecule has 0 saturated carbocycles. The number of aliphatic hydroxyl groups is 1. The molecule has 3 N–H and O–H groups in total.